The summed E-state index contributed by atoms with van der Waals surface area (Å²) in [4.78, 5) is 0. The summed E-state index contributed by atoms with van der Waals surface area (Å²) in [6.07, 6.45) is 1.25. The van der Waals surface area contributed by atoms with Crippen molar-refractivity contribution in [1.29, 1.82) is 0 Å². The van der Waals surface area contributed by atoms with Gasteiger partial charge in [-0.15, -0.1) is 0 Å². The lowest BCUT2D eigenvalue weighted by Crippen LogP contribution is -2.46. The predicted octanol–water partition coefficient (Wildman–Crippen LogP) is 2.41. The highest BCUT2D eigenvalue weighted by Gasteiger charge is 2.37. The van der Waals surface area contributed by atoms with E-state index in [1.165, 1.54) is 12.0 Å². The molecule has 82 valence electrons. The first-order valence-corrected chi connectivity index (χ1v) is 5.57. The number of methoxy groups -OCH3 is 1. The van der Waals surface area contributed by atoms with Crippen LogP contribution in [0.4, 0.5) is 0 Å². The fourth-order valence-electron chi connectivity index (χ4n) is 2.46. The summed E-state index contributed by atoms with van der Waals surface area (Å²) in [5.41, 5.74) is 1.44. The summed E-state index contributed by atoms with van der Waals surface area (Å²) >= 11 is 0. The third kappa shape index (κ3) is 1.86. The maximum atomic E-state index is 5.16. The van der Waals surface area contributed by atoms with Gasteiger partial charge in [-0.2, -0.15) is 0 Å². The second-order valence-electron chi connectivity index (χ2n) is 4.37. The minimum Gasteiger partial charge on any atom is -0.497 e. The first kappa shape index (κ1) is 10.5. The molecule has 0 saturated heterocycles. The Labute approximate surface area is 91.6 Å². The molecule has 0 heterocycles. The van der Waals surface area contributed by atoms with Gasteiger partial charge in [0.2, 0.25) is 0 Å². The van der Waals surface area contributed by atoms with Gasteiger partial charge in [0, 0.05) is 6.04 Å². The molecule has 2 nitrogen and oxygen atoms in total. The second-order valence-corrected chi connectivity index (χ2v) is 4.37. The average Bonchev–Trinajstić information content (AvgIpc) is 2.28. The van der Waals surface area contributed by atoms with Crippen LogP contribution in [0.25, 0.3) is 0 Å². The van der Waals surface area contributed by atoms with E-state index in [2.05, 4.69) is 36.5 Å². The standard InChI is InChI=1S/C13H19NO/c1-9-12(8-13(9)14-2)10-4-6-11(15-3)7-5-10/h4-7,9,12-14H,8H2,1-3H3. The van der Waals surface area contributed by atoms with Crippen molar-refractivity contribution < 1.29 is 4.74 Å². The zero-order chi connectivity index (χ0) is 10.8. The lowest BCUT2D eigenvalue weighted by molar-refractivity contribution is 0.194. The molecule has 0 radical (unpaired) electrons. The van der Waals surface area contributed by atoms with Crippen molar-refractivity contribution >= 4 is 0 Å². The third-order valence-electron chi connectivity index (χ3n) is 3.69. The SMILES string of the molecule is CNC1CC(c2ccc(OC)cc2)C1C. The summed E-state index contributed by atoms with van der Waals surface area (Å²) < 4.78 is 5.16. The van der Waals surface area contributed by atoms with Crippen LogP contribution in [-0.2, 0) is 0 Å². The lowest BCUT2D eigenvalue weighted by Gasteiger charge is -2.43. The molecule has 0 aromatic heterocycles. The molecule has 1 saturated carbocycles. The van der Waals surface area contributed by atoms with Crippen molar-refractivity contribution in [3.63, 3.8) is 0 Å². The molecular formula is C13H19NO. The molecule has 1 aromatic rings. The highest BCUT2D eigenvalue weighted by Crippen LogP contribution is 2.42. The van der Waals surface area contributed by atoms with E-state index in [4.69, 9.17) is 4.74 Å². The van der Waals surface area contributed by atoms with Crippen molar-refractivity contribution in [2.75, 3.05) is 14.2 Å². The van der Waals surface area contributed by atoms with Crippen molar-refractivity contribution in [2.45, 2.75) is 25.3 Å². The van der Waals surface area contributed by atoms with Gasteiger partial charge >= 0.3 is 0 Å². The van der Waals surface area contributed by atoms with Crippen LogP contribution in [0.2, 0.25) is 0 Å². The fraction of sp³-hybridized carbons (Fsp3) is 0.538. The van der Waals surface area contributed by atoms with Gasteiger partial charge in [0.15, 0.2) is 0 Å². The van der Waals surface area contributed by atoms with Crippen molar-refractivity contribution in [2.24, 2.45) is 5.92 Å². The first-order chi connectivity index (χ1) is 7.26. The lowest BCUT2D eigenvalue weighted by atomic mass is 9.67. The van der Waals surface area contributed by atoms with Crippen molar-refractivity contribution in [1.82, 2.24) is 5.32 Å². The highest BCUT2D eigenvalue weighted by molar-refractivity contribution is 5.31. The minimum atomic E-state index is 0.692. The molecule has 3 atom stereocenters. The van der Waals surface area contributed by atoms with Crippen LogP contribution in [-0.4, -0.2) is 20.2 Å². The maximum Gasteiger partial charge on any atom is 0.118 e. The van der Waals surface area contributed by atoms with E-state index in [0.29, 0.717) is 12.0 Å². The van der Waals surface area contributed by atoms with E-state index in [0.717, 1.165) is 11.7 Å². The normalized spacial score (nSPS) is 29.7. The zero-order valence-electron chi connectivity index (χ0n) is 9.66. The molecule has 1 aliphatic rings. The molecule has 1 aliphatic carbocycles. The molecule has 15 heavy (non-hydrogen) atoms. The number of hydrogen-bond donors (Lipinski definition) is 1. The molecule has 0 amide bonds. The molecule has 2 heteroatoms. The molecule has 1 aromatic carbocycles. The molecule has 3 unspecified atom stereocenters. The van der Waals surface area contributed by atoms with Gasteiger partial charge in [0.05, 0.1) is 7.11 Å². The van der Waals surface area contributed by atoms with Gasteiger partial charge in [0.1, 0.15) is 5.75 Å². The zero-order valence-corrected chi connectivity index (χ0v) is 9.66. The van der Waals surface area contributed by atoms with Gasteiger partial charge in [-0.05, 0) is 43.0 Å². The van der Waals surface area contributed by atoms with E-state index < -0.39 is 0 Å². The number of nitrogens with one attached hydrogen (secondary N) is 1. The van der Waals surface area contributed by atoms with E-state index in [9.17, 15) is 0 Å². The van der Waals surface area contributed by atoms with E-state index in [-0.39, 0.29) is 0 Å². The largest absolute Gasteiger partial charge is 0.497 e. The summed E-state index contributed by atoms with van der Waals surface area (Å²) in [5, 5.41) is 3.35. The molecule has 0 aliphatic heterocycles. The topological polar surface area (TPSA) is 21.3 Å². The highest BCUT2D eigenvalue weighted by atomic mass is 16.5. The fourth-order valence-corrected chi connectivity index (χ4v) is 2.46. The Balaban J connectivity index is 2.05. The van der Waals surface area contributed by atoms with Crippen LogP contribution in [0, 0.1) is 5.92 Å². The Morgan fingerprint density at radius 1 is 1.27 bits per heavy atom. The molecule has 1 fully saturated rings. The van der Waals surface area contributed by atoms with Crippen LogP contribution >= 0.6 is 0 Å². The minimum absolute atomic E-state index is 0.692. The summed E-state index contributed by atoms with van der Waals surface area (Å²) in [5.74, 6) is 2.40. The number of ether oxygens (including phenoxy) is 1. The Morgan fingerprint density at radius 3 is 2.40 bits per heavy atom. The maximum absolute atomic E-state index is 5.16. The monoisotopic (exact) mass is 205 g/mol. The summed E-state index contributed by atoms with van der Waals surface area (Å²) in [6.45, 7) is 2.32. The van der Waals surface area contributed by atoms with E-state index >= 15 is 0 Å². The van der Waals surface area contributed by atoms with Crippen molar-refractivity contribution in [3.8, 4) is 5.75 Å². The summed E-state index contributed by atoms with van der Waals surface area (Å²) in [6, 6.07) is 9.17. The Kier molecular flexibility index (Phi) is 2.96. The van der Waals surface area contributed by atoms with Gasteiger partial charge in [-0.1, -0.05) is 19.1 Å². The Morgan fingerprint density at radius 2 is 1.93 bits per heavy atom. The predicted molar refractivity (Wildman–Crippen MR) is 62.4 cm³/mol. The van der Waals surface area contributed by atoms with Gasteiger partial charge in [-0.25, -0.2) is 0 Å². The van der Waals surface area contributed by atoms with E-state index in [1.54, 1.807) is 7.11 Å². The average molecular weight is 205 g/mol. The number of hydrogen-bond acceptors (Lipinski definition) is 2. The first-order valence-electron chi connectivity index (χ1n) is 5.57. The van der Waals surface area contributed by atoms with Gasteiger partial charge < -0.3 is 10.1 Å². The second kappa shape index (κ2) is 4.23. The van der Waals surface area contributed by atoms with Crippen LogP contribution in [0.15, 0.2) is 24.3 Å². The molecule has 0 bridgehead atoms. The number of benzene rings is 1. The molecular weight excluding hydrogens is 186 g/mol. The smallest absolute Gasteiger partial charge is 0.118 e. The molecule has 0 spiro atoms. The van der Waals surface area contributed by atoms with Crippen LogP contribution in [0.5, 0.6) is 5.75 Å². The third-order valence-corrected chi connectivity index (χ3v) is 3.69. The Bertz CT molecular complexity index is 320. The van der Waals surface area contributed by atoms with Crippen LogP contribution < -0.4 is 10.1 Å². The van der Waals surface area contributed by atoms with Gasteiger partial charge in [0.25, 0.3) is 0 Å². The molecule has 1 N–H and O–H groups in total. The van der Waals surface area contributed by atoms with Gasteiger partial charge in [-0.3, -0.25) is 0 Å². The Hall–Kier alpha value is -1.02. The van der Waals surface area contributed by atoms with Crippen LogP contribution in [0.3, 0.4) is 0 Å². The van der Waals surface area contributed by atoms with Crippen molar-refractivity contribution in [3.05, 3.63) is 29.8 Å². The number of rotatable bonds is 3. The molecule has 2 rings (SSSR count). The van der Waals surface area contributed by atoms with Crippen LogP contribution in [0.1, 0.15) is 24.8 Å². The summed E-state index contributed by atoms with van der Waals surface area (Å²) in [7, 11) is 3.75. The van der Waals surface area contributed by atoms with E-state index in [1.807, 2.05) is 7.05 Å². The quantitative estimate of drug-likeness (QED) is 0.818.